The highest BCUT2D eigenvalue weighted by Gasteiger charge is 2.57. The Bertz CT molecular complexity index is 495. The second kappa shape index (κ2) is 5.33. The Morgan fingerprint density at radius 3 is 2.82 bits per heavy atom. The Kier molecular flexibility index (Phi) is 3.55. The largest absolute Gasteiger partial charge is 0.331 e. The van der Waals surface area contributed by atoms with Crippen molar-refractivity contribution in [2.75, 3.05) is 19.6 Å². The van der Waals surface area contributed by atoms with Crippen LogP contribution < -0.4 is 5.32 Å². The molecule has 4 nitrogen and oxygen atoms in total. The minimum absolute atomic E-state index is 0.239. The maximum atomic E-state index is 13.2. The Morgan fingerprint density at radius 2 is 2.05 bits per heavy atom. The van der Waals surface area contributed by atoms with E-state index < -0.39 is 0 Å². The van der Waals surface area contributed by atoms with Crippen molar-refractivity contribution in [3.63, 3.8) is 0 Å². The normalized spacial score (nSPS) is 37.4. The third kappa shape index (κ3) is 2.14. The summed E-state index contributed by atoms with van der Waals surface area (Å²) >= 11 is 0. The van der Waals surface area contributed by atoms with E-state index in [9.17, 15) is 4.79 Å². The molecule has 2 heterocycles. The number of nitrogens with one attached hydrogen (secondary N) is 1. The third-order valence-corrected chi connectivity index (χ3v) is 6.34. The maximum absolute atomic E-state index is 13.2. The van der Waals surface area contributed by atoms with E-state index in [1.165, 1.54) is 44.2 Å². The molecule has 2 bridgehead atoms. The average molecular weight is 303 g/mol. The van der Waals surface area contributed by atoms with E-state index in [1.807, 2.05) is 0 Å². The van der Waals surface area contributed by atoms with Gasteiger partial charge in [0.05, 0.1) is 5.41 Å². The molecule has 0 aromatic carbocycles. The first-order chi connectivity index (χ1) is 10.7. The lowest BCUT2D eigenvalue weighted by molar-refractivity contribution is -0.134. The van der Waals surface area contributed by atoms with Crippen molar-refractivity contribution in [3.05, 3.63) is 0 Å². The van der Waals surface area contributed by atoms with Crippen LogP contribution in [0.5, 0.6) is 0 Å². The number of aliphatic imine (C=N–C) groups is 1. The molecule has 1 amide bonds. The minimum atomic E-state index is -0.293. The van der Waals surface area contributed by atoms with E-state index >= 15 is 0 Å². The quantitative estimate of drug-likeness (QED) is 0.852. The van der Waals surface area contributed by atoms with Crippen LogP contribution in [0.1, 0.15) is 64.7 Å². The van der Waals surface area contributed by atoms with Crippen molar-refractivity contribution in [1.82, 2.24) is 10.2 Å². The number of likely N-dealkylation sites (tertiary alicyclic amines) is 1. The standard InChI is InChI=1S/C18H29N3O/c1-2-11-21-12-14-7-6-8-17(13-21)15(14)19-18(20-16(17)22)9-4-3-5-10-18/h14H,2-13H2,1H3,(H,20,22)/t14-,17+/m1/s1. The van der Waals surface area contributed by atoms with Crippen molar-refractivity contribution >= 4 is 11.6 Å². The van der Waals surface area contributed by atoms with Gasteiger partial charge in [-0.15, -0.1) is 0 Å². The van der Waals surface area contributed by atoms with Crippen LogP contribution in [-0.2, 0) is 4.79 Å². The summed E-state index contributed by atoms with van der Waals surface area (Å²) in [6, 6.07) is 0. The lowest BCUT2D eigenvalue weighted by atomic mass is 9.62. The second-order valence-corrected chi connectivity index (χ2v) is 7.95. The zero-order chi connectivity index (χ0) is 15.2. The van der Waals surface area contributed by atoms with Crippen LogP contribution in [0, 0.1) is 11.3 Å². The van der Waals surface area contributed by atoms with Crippen LogP contribution in [-0.4, -0.2) is 41.8 Å². The molecule has 3 fully saturated rings. The molecule has 0 aromatic heterocycles. The topological polar surface area (TPSA) is 44.7 Å². The van der Waals surface area contributed by atoms with Gasteiger partial charge in [-0.25, -0.2) is 0 Å². The molecule has 4 heteroatoms. The summed E-state index contributed by atoms with van der Waals surface area (Å²) in [5.74, 6) is 0.823. The highest BCUT2D eigenvalue weighted by Crippen LogP contribution is 2.47. The highest BCUT2D eigenvalue weighted by molar-refractivity contribution is 6.12. The number of carbonyl (C=O) groups is 1. The van der Waals surface area contributed by atoms with Crippen molar-refractivity contribution in [2.24, 2.45) is 16.3 Å². The van der Waals surface area contributed by atoms with Gasteiger partial charge in [0.15, 0.2) is 0 Å². The fourth-order valence-corrected chi connectivity index (χ4v) is 5.35. The molecule has 22 heavy (non-hydrogen) atoms. The molecule has 1 N–H and O–H groups in total. The van der Waals surface area contributed by atoms with Crippen LogP contribution in [0.4, 0.5) is 0 Å². The summed E-state index contributed by atoms with van der Waals surface area (Å²) in [6.45, 7) is 5.37. The van der Waals surface area contributed by atoms with Gasteiger partial charge >= 0.3 is 0 Å². The van der Waals surface area contributed by atoms with Crippen LogP contribution >= 0.6 is 0 Å². The zero-order valence-electron chi connectivity index (χ0n) is 13.9. The molecule has 4 rings (SSSR count). The van der Waals surface area contributed by atoms with Gasteiger partial charge < -0.3 is 10.2 Å². The van der Waals surface area contributed by atoms with Crippen molar-refractivity contribution < 1.29 is 4.79 Å². The zero-order valence-corrected chi connectivity index (χ0v) is 13.9. The molecule has 0 aromatic rings. The molecule has 1 spiro atoms. The SMILES string of the molecule is CCCN1C[C@H]2CCC[C@@]3(C1)C(=O)NC1(CCCCC1)N=C23. The van der Waals surface area contributed by atoms with Crippen LogP contribution in [0.15, 0.2) is 4.99 Å². The molecule has 2 atom stereocenters. The molecule has 0 radical (unpaired) electrons. The molecular weight excluding hydrogens is 274 g/mol. The number of piperidine rings is 1. The fraction of sp³-hybridized carbons (Fsp3) is 0.889. The molecular formula is C18H29N3O. The summed E-state index contributed by atoms with van der Waals surface area (Å²) in [5, 5.41) is 3.39. The van der Waals surface area contributed by atoms with Gasteiger partial charge in [0.2, 0.25) is 5.91 Å². The second-order valence-electron chi connectivity index (χ2n) is 7.95. The maximum Gasteiger partial charge on any atom is 0.235 e. The van der Waals surface area contributed by atoms with Crippen LogP contribution in [0.25, 0.3) is 0 Å². The first kappa shape index (κ1) is 14.7. The van der Waals surface area contributed by atoms with Crippen LogP contribution in [0.3, 0.4) is 0 Å². The molecule has 1 saturated heterocycles. The first-order valence-corrected chi connectivity index (χ1v) is 9.33. The van der Waals surface area contributed by atoms with E-state index in [0.29, 0.717) is 11.8 Å². The highest BCUT2D eigenvalue weighted by atomic mass is 16.2. The molecule has 2 saturated carbocycles. The minimum Gasteiger partial charge on any atom is -0.331 e. The summed E-state index contributed by atoms with van der Waals surface area (Å²) in [4.78, 5) is 21.0. The van der Waals surface area contributed by atoms with Gasteiger partial charge in [-0.2, -0.15) is 0 Å². The number of hydrogen-bond donors (Lipinski definition) is 1. The monoisotopic (exact) mass is 303 g/mol. The molecule has 122 valence electrons. The fourth-order valence-electron chi connectivity index (χ4n) is 5.35. The van der Waals surface area contributed by atoms with E-state index in [0.717, 1.165) is 38.9 Å². The van der Waals surface area contributed by atoms with Crippen molar-refractivity contribution in [3.8, 4) is 0 Å². The van der Waals surface area contributed by atoms with Gasteiger partial charge in [0.25, 0.3) is 0 Å². The summed E-state index contributed by atoms with van der Waals surface area (Å²) in [7, 11) is 0. The smallest absolute Gasteiger partial charge is 0.235 e. The van der Waals surface area contributed by atoms with Crippen LogP contribution in [0.2, 0.25) is 0 Å². The number of carbonyl (C=O) groups excluding carboxylic acids is 1. The summed E-state index contributed by atoms with van der Waals surface area (Å²) in [5.41, 5.74) is 0.757. The first-order valence-electron chi connectivity index (χ1n) is 9.33. The number of rotatable bonds is 2. The van der Waals surface area contributed by atoms with E-state index in [4.69, 9.17) is 4.99 Å². The summed E-state index contributed by atoms with van der Waals surface area (Å²) < 4.78 is 0. The van der Waals surface area contributed by atoms with E-state index in [-0.39, 0.29) is 11.1 Å². The Hall–Kier alpha value is -0.900. The average Bonchev–Trinajstić information content (AvgIpc) is 2.48. The van der Waals surface area contributed by atoms with Crippen molar-refractivity contribution in [1.29, 1.82) is 0 Å². The van der Waals surface area contributed by atoms with E-state index in [1.54, 1.807) is 0 Å². The third-order valence-electron chi connectivity index (χ3n) is 6.34. The van der Waals surface area contributed by atoms with Gasteiger partial charge in [-0.3, -0.25) is 9.79 Å². The molecule has 2 aliphatic heterocycles. The Morgan fingerprint density at radius 1 is 1.23 bits per heavy atom. The molecule has 0 unspecified atom stereocenters. The van der Waals surface area contributed by atoms with E-state index in [2.05, 4.69) is 17.1 Å². The lowest BCUT2D eigenvalue weighted by Crippen LogP contribution is -2.69. The number of nitrogens with zero attached hydrogens (tertiary/aromatic N) is 2. The Labute approximate surface area is 133 Å². The predicted octanol–water partition coefficient (Wildman–Crippen LogP) is 2.73. The van der Waals surface area contributed by atoms with Gasteiger partial charge in [-0.05, 0) is 51.5 Å². The predicted molar refractivity (Wildman–Crippen MR) is 87.9 cm³/mol. The van der Waals surface area contributed by atoms with Gasteiger partial charge in [-0.1, -0.05) is 19.8 Å². The van der Waals surface area contributed by atoms with Crippen molar-refractivity contribution in [2.45, 2.75) is 70.4 Å². The number of amides is 1. The molecule has 4 aliphatic rings. The van der Waals surface area contributed by atoms with Gasteiger partial charge in [0.1, 0.15) is 5.66 Å². The lowest BCUT2D eigenvalue weighted by Gasteiger charge is -2.54. The molecule has 2 aliphatic carbocycles. The van der Waals surface area contributed by atoms with Gasteiger partial charge in [0, 0.05) is 24.7 Å². The summed E-state index contributed by atoms with van der Waals surface area (Å²) in [6.07, 6.45) is 10.4. The number of hydrogen-bond acceptors (Lipinski definition) is 3. The Balaban J connectivity index is 1.71.